The van der Waals surface area contributed by atoms with Crippen LogP contribution in [0.3, 0.4) is 0 Å². The van der Waals surface area contributed by atoms with E-state index in [4.69, 9.17) is 0 Å². The molecule has 1 aromatic carbocycles. The summed E-state index contributed by atoms with van der Waals surface area (Å²) in [6.07, 6.45) is 5.47. The molecule has 6 heteroatoms. The van der Waals surface area contributed by atoms with Gasteiger partial charge in [0.25, 0.3) is 5.91 Å². The highest BCUT2D eigenvalue weighted by Gasteiger charge is 2.13. The molecule has 1 aromatic heterocycles. The number of hydrogen-bond donors (Lipinski definition) is 1. The van der Waals surface area contributed by atoms with Crippen LogP contribution in [0, 0.1) is 0 Å². The van der Waals surface area contributed by atoms with Gasteiger partial charge in [-0.3, -0.25) is 4.79 Å². The van der Waals surface area contributed by atoms with Crippen LogP contribution >= 0.6 is 0 Å². The summed E-state index contributed by atoms with van der Waals surface area (Å²) >= 11 is 0. The summed E-state index contributed by atoms with van der Waals surface area (Å²) in [5, 5.41) is 2.75. The predicted octanol–water partition coefficient (Wildman–Crippen LogP) is 3.11. The van der Waals surface area contributed by atoms with Crippen molar-refractivity contribution >= 4 is 23.4 Å². The van der Waals surface area contributed by atoms with Gasteiger partial charge in [-0.05, 0) is 49.6 Å². The molecule has 3 rings (SSSR count). The largest absolute Gasteiger partial charge is 0.465 e. The number of piperidine rings is 1. The molecule has 0 unspecified atom stereocenters. The molecule has 1 aliphatic rings. The third kappa shape index (κ3) is 4.15. The number of nitrogens with one attached hydrogen (secondary N) is 1. The summed E-state index contributed by atoms with van der Waals surface area (Å²) in [6.45, 7) is 2.10. The second kappa shape index (κ2) is 7.79. The molecule has 0 bridgehead atoms. The maximum atomic E-state index is 12.4. The van der Waals surface area contributed by atoms with Gasteiger partial charge in [-0.25, -0.2) is 9.78 Å². The van der Waals surface area contributed by atoms with E-state index in [-0.39, 0.29) is 5.91 Å². The molecule has 1 aliphatic heterocycles. The number of benzene rings is 1. The van der Waals surface area contributed by atoms with Crippen LogP contribution in [0.2, 0.25) is 0 Å². The van der Waals surface area contributed by atoms with Crippen molar-refractivity contribution in [3.05, 3.63) is 53.7 Å². The third-order valence-corrected chi connectivity index (χ3v) is 4.26. The number of rotatable bonds is 4. The van der Waals surface area contributed by atoms with Crippen molar-refractivity contribution in [2.45, 2.75) is 19.3 Å². The quantitative estimate of drug-likeness (QED) is 0.867. The molecule has 6 nitrogen and oxygen atoms in total. The normalized spacial score (nSPS) is 14.0. The highest BCUT2D eigenvalue weighted by atomic mass is 16.5. The van der Waals surface area contributed by atoms with E-state index < -0.39 is 5.97 Å². The smallest absolute Gasteiger partial charge is 0.337 e. The Balaban J connectivity index is 1.67. The average Bonchev–Trinajstić information content (AvgIpc) is 2.68. The molecule has 1 saturated heterocycles. The summed E-state index contributed by atoms with van der Waals surface area (Å²) in [6, 6.07) is 10.2. The fraction of sp³-hybridized carbons (Fsp3) is 0.316. The summed E-state index contributed by atoms with van der Waals surface area (Å²) in [7, 11) is 1.31. The zero-order chi connectivity index (χ0) is 17.6. The van der Waals surface area contributed by atoms with E-state index in [0.29, 0.717) is 16.9 Å². The SMILES string of the molecule is COC(=O)c1cccc(C(=O)Nc2ccc(N3CCCCC3)cn2)c1. The van der Waals surface area contributed by atoms with Crippen LogP contribution in [0.1, 0.15) is 40.0 Å². The van der Waals surface area contributed by atoms with Gasteiger partial charge < -0.3 is 15.0 Å². The second-order valence-corrected chi connectivity index (χ2v) is 5.98. The average molecular weight is 339 g/mol. The molecule has 0 atom stereocenters. The van der Waals surface area contributed by atoms with Crippen molar-refractivity contribution in [1.29, 1.82) is 0 Å². The van der Waals surface area contributed by atoms with E-state index in [2.05, 4.69) is 19.9 Å². The first kappa shape index (κ1) is 17.0. The van der Waals surface area contributed by atoms with Crippen LogP contribution in [0.4, 0.5) is 11.5 Å². The molecular weight excluding hydrogens is 318 g/mol. The second-order valence-electron chi connectivity index (χ2n) is 5.98. The van der Waals surface area contributed by atoms with E-state index in [9.17, 15) is 9.59 Å². The van der Waals surface area contributed by atoms with Crippen LogP contribution in [-0.2, 0) is 4.74 Å². The number of carbonyl (C=O) groups is 2. The molecule has 0 radical (unpaired) electrons. The van der Waals surface area contributed by atoms with Gasteiger partial charge in [0.2, 0.25) is 0 Å². The number of ether oxygens (including phenoxy) is 1. The Morgan fingerprint density at radius 1 is 1.08 bits per heavy atom. The molecule has 1 fully saturated rings. The zero-order valence-corrected chi connectivity index (χ0v) is 14.2. The molecule has 0 saturated carbocycles. The van der Waals surface area contributed by atoms with E-state index in [1.807, 2.05) is 6.07 Å². The van der Waals surface area contributed by atoms with Crippen molar-refractivity contribution in [3.63, 3.8) is 0 Å². The number of aromatic nitrogens is 1. The molecule has 130 valence electrons. The fourth-order valence-electron chi connectivity index (χ4n) is 2.89. The lowest BCUT2D eigenvalue weighted by Gasteiger charge is -2.28. The van der Waals surface area contributed by atoms with E-state index in [1.54, 1.807) is 30.5 Å². The van der Waals surface area contributed by atoms with Gasteiger partial charge in [0, 0.05) is 18.7 Å². The standard InChI is InChI=1S/C19H21N3O3/c1-25-19(24)15-7-5-6-14(12-15)18(23)21-17-9-8-16(13-20-17)22-10-3-2-4-11-22/h5-9,12-13H,2-4,10-11H2,1H3,(H,20,21,23). The van der Waals surface area contributed by atoms with Gasteiger partial charge in [0.05, 0.1) is 24.6 Å². The first-order valence-corrected chi connectivity index (χ1v) is 8.38. The van der Waals surface area contributed by atoms with Crippen molar-refractivity contribution in [2.24, 2.45) is 0 Å². The molecule has 2 aromatic rings. The highest BCUT2D eigenvalue weighted by Crippen LogP contribution is 2.20. The molecule has 25 heavy (non-hydrogen) atoms. The molecule has 0 aliphatic carbocycles. The summed E-state index contributed by atoms with van der Waals surface area (Å²) in [5.41, 5.74) is 1.79. The highest BCUT2D eigenvalue weighted by molar-refractivity contribution is 6.05. The van der Waals surface area contributed by atoms with E-state index in [1.165, 1.54) is 32.4 Å². The minimum Gasteiger partial charge on any atom is -0.465 e. The number of hydrogen-bond acceptors (Lipinski definition) is 5. The number of carbonyl (C=O) groups excluding carboxylic acids is 2. The minimum absolute atomic E-state index is 0.316. The maximum absolute atomic E-state index is 12.4. The molecule has 1 amide bonds. The first-order chi connectivity index (χ1) is 12.2. The van der Waals surface area contributed by atoms with Gasteiger partial charge in [0.1, 0.15) is 5.82 Å². The first-order valence-electron chi connectivity index (χ1n) is 8.38. The Bertz CT molecular complexity index is 753. The van der Waals surface area contributed by atoms with E-state index >= 15 is 0 Å². The zero-order valence-electron chi connectivity index (χ0n) is 14.2. The summed E-state index contributed by atoms with van der Waals surface area (Å²) in [4.78, 5) is 30.5. The number of esters is 1. The van der Waals surface area contributed by atoms with Crippen LogP contribution in [0.5, 0.6) is 0 Å². The van der Waals surface area contributed by atoms with Crippen molar-refractivity contribution in [1.82, 2.24) is 4.98 Å². The molecule has 0 spiro atoms. The van der Waals surface area contributed by atoms with Crippen molar-refractivity contribution in [3.8, 4) is 0 Å². The lowest BCUT2D eigenvalue weighted by Crippen LogP contribution is -2.29. The minimum atomic E-state index is -0.473. The number of pyridine rings is 1. The van der Waals surface area contributed by atoms with Crippen LogP contribution in [-0.4, -0.2) is 37.1 Å². The topological polar surface area (TPSA) is 71.5 Å². The Hall–Kier alpha value is -2.89. The maximum Gasteiger partial charge on any atom is 0.337 e. The Kier molecular flexibility index (Phi) is 5.28. The van der Waals surface area contributed by atoms with Gasteiger partial charge >= 0.3 is 5.97 Å². The monoisotopic (exact) mass is 339 g/mol. The molecular formula is C19H21N3O3. The lowest BCUT2D eigenvalue weighted by atomic mass is 10.1. The molecule has 1 N–H and O–H groups in total. The Morgan fingerprint density at radius 2 is 1.84 bits per heavy atom. The summed E-state index contributed by atoms with van der Waals surface area (Å²) < 4.78 is 4.67. The predicted molar refractivity (Wildman–Crippen MR) is 96.0 cm³/mol. The number of anilines is 2. The van der Waals surface area contributed by atoms with Crippen molar-refractivity contribution in [2.75, 3.05) is 30.4 Å². The lowest BCUT2D eigenvalue weighted by molar-refractivity contribution is 0.0600. The Morgan fingerprint density at radius 3 is 2.52 bits per heavy atom. The van der Waals surface area contributed by atoms with E-state index in [0.717, 1.165) is 18.8 Å². The van der Waals surface area contributed by atoms with Crippen molar-refractivity contribution < 1.29 is 14.3 Å². The fourth-order valence-corrected chi connectivity index (χ4v) is 2.89. The van der Waals surface area contributed by atoms with Gasteiger partial charge in [0.15, 0.2) is 0 Å². The third-order valence-electron chi connectivity index (χ3n) is 4.26. The van der Waals surface area contributed by atoms with Gasteiger partial charge in [-0.1, -0.05) is 6.07 Å². The van der Waals surface area contributed by atoms with Crippen LogP contribution < -0.4 is 10.2 Å². The molecule has 2 heterocycles. The number of nitrogens with zero attached hydrogens (tertiary/aromatic N) is 2. The van der Waals surface area contributed by atoms with Crippen LogP contribution in [0.15, 0.2) is 42.6 Å². The van der Waals surface area contributed by atoms with Crippen LogP contribution in [0.25, 0.3) is 0 Å². The number of amides is 1. The number of methoxy groups -OCH3 is 1. The van der Waals surface area contributed by atoms with Gasteiger partial charge in [-0.15, -0.1) is 0 Å². The Labute approximate surface area is 146 Å². The van der Waals surface area contributed by atoms with Gasteiger partial charge in [-0.2, -0.15) is 0 Å². The summed E-state index contributed by atoms with van der Waals surface area (Å²) in [5.74, 6) is -0.308.